The summed E-state index contributed by atoms with van der Waals surface area (Å²) in [7, 11) is 0. The first-order valence-electron chi connectivity index (χ1n) is 6.46. The van der Waals surface area contributed by atoms with Crippen molar-refractivity contribution in [3.8, 4) is 0 Å². The van der Waals surface area contributed by atoms with Crippen molar-refractivity contribution < 1.29 is 4.79 Å². The van der Waals surface area contributed by atoms with Gasteiger partial charge >= 0.3 is 6.03 Å². The quantitative estimate of drug-likeness (QED) is 0.863. The van der Waals surface area contributed by atoms with Gasteiger partial charge in [-0.25, -0.2) is 9.48 Å². The van der Waals surface area contributed by atoms with Gasteiger partial charge in [0.15, 0.2) is 5.82 Å². The van der Waals surface area contributed by atoms with E-state index in [2.05, 4.69) is 15.6 Å². The van der Waals surface area contributed by atoms with E-state index in [1.54, 1.807) is 15.8 Å². The molecule has 2 amide bonds. The number of benzene rings is 1. The van der Waals surface area contributed by atoms with Crippen LogP contribution in [0.15, 0.2) is 48.7 Å². The summed E-state index contributed by atoms with van der Waals surface area (Å²) in [5.41, 5.74) is 1.14. The number of rotatable bonds is 3. The van der Waals surface area contributed by atoms with E-state index in [1.807, 2.05) is 42.5 Å². The van der Waals surface area contributed by atoms with Crippen LogP contribution in [0.25, 0.3) is 0 Å². The molecule has 0 bridgehead atoms. The van der Waals surface area contributed by atoms with Crippen LogP contribution in [0.5, 0.6) is 0 Å². The Morgan fingerprint density at radius 1 is 1.20 bits per heavy atom. The van der Waals surface area contributed by atoms with E-state index < -0.39 is 0 Å². The minimum absolute atomic E-state index is 0.151. The topological polar surface area (TPSA) is 63.1 Å². The molecule has 1 N–H and O–H groups in total. The number of anilines is 1. The summed E-state index contributed by atoms with van der Waals surface area (Å²) in [5, 5.41) is 10.7. The molecule has 3 rings (SSSR count). The number of amides is 2. The minimum atomic E-state index is -0.151. The Morgan fingerprint density at radius 3 is 2.70 bits per heavy atom. The van der Waals surface area contributed by atoms with Gasteiger partial charge in [0.1, 0.15) is 0 Å². The zero-order valence-electron chi connectivity index (χ0n) is 10.9. The third kappa shape index (κ3) is 2.85. The standard InChI is InChI=1S/C14H15N5O/c20-14(18-8-4-5-9-18)15-13-11-19(17-16-13)10-12-6-2-1-3-7-12/h1-7,11H,8-10H2,(H,15,20). The van der Waals surface area contributed by atoms with Crippen LogP contribution in [-0.4, -0.2) is 39.0 Å². The molecule has 2 aromatic rings. The maximum Gasteiger partial charge on any atom is 0.323 e. The first-order chi connectivity index (χ1) is 9.81. The highest BCUT2D eigenvalue weighted by atomic mass is 16.2. The number of aromatic nitrogens is 3. The van der Waals surface area contributed by atoms with Crippen LogP contribution in [0.4, 0.5) is 10.6 Å². The zero-order chi connectivity index (χ0) is 13.8. The Kier molecular flexibility index (Phi) is 3.45. The van der Waals surface area contributed by atoms with Crippen molar-refractivity contribution in [3.63, 3.8) is 0 Å². The van der Waals surface area contributed by atoms with Crippen molar-refractivity contribution >= 4 is 11.8 Å². The molecule has 1 aromatic carbocycles. The fraction of sp³-hybridized carbons (Fsp3) is 0.214. The van der Waals surface area contributed by atoms with Crippen molar-refractivity contribution in [2.45, 2.75) is 6.54 Å². The van der Waals surface area contributed by atoms with Gasteiger partial charge in [-0.2, -0.15) is 0 Å². The smallest absolute Gasteiger partial charge is 0.317 e. The fourth-order valence-corrected chi connectivity index (χ4v) is 2.04. The Labute approximate surface area is 116 Å². The average Bonchev–Trinajstić information content (AvgIpc) is 3.11. The summed E-state index contributed by atoms with van der Waals surface area (Å²) >= 11 is 0. The number of carbonyl (C=O) groups excluding carboxylic acids is 1. The highest BCUT2D eigenvalue weighted by Gasteiger charge is 2.15. The maximum absolute atomic E-state index is 11.9. The molecule has 6 heteroatoms. The van der Waals surface area contributed by atoms with Crippen LogP contribution < -0.4 is 5.32 Å². The molecule has 0 aliphatic carbocycles. The van der Waals surface area contributed by atoms with Crippen molar-refractivity contribution in [2.75, 3.05) is 18.4 Å². The maximum atomic E-state index is 11.9. The van der Waals surface area contributed by atoms with Gasteiger partial charge in [0.05, 0.1) is 12.7 Å². The lowest BCUT2D eigenvalue weighted by atomic mass is 10.2. The van der Waals surface area contributed by atoms with Crippen LogP contribution in [0, 0.1) is 0 Å². The predicted octanol–water partition coefficient (Wildman–Crippen LogP) is 1.73. The van der Waals surface area contributed by atoms with Gasteiger partial charge in [-0.3, -0.25) is 5.32 Å². The first kappa shape index (κ1) is 12.4. The van der Waals surface area contributed by atoms with Gasteiger partial charge in [0.2, 0.25) is 0 Å². The molecule has 1 aliphatic rings. The lowest BCUT2D eigenvalue weighted by Crippen LogP contribution is -2.32. The van der Waals surface area contributed by atoms with Crippen LogP contribution >= 0.6 is 0 Å². The summed E-state index contributed by atoms with van der Waals surface area (Å²) in [4.78, 5) is 13.6. The molecule has 0 spiro atoms. The van der Waals surface area contributed by atoms with E-state index in [9.17, 15) is 4.79 Å². The van der Waals surface area contributed by atoms with Gasteiger partial charge in [0, 0.05) is 13.1 Å². The molecule has 0 atom stereocenters. The van der Waals surface area contributed by atoms with E-state index in [0.29, 0.717) is 25.5 Å². The average molecular weight is 269 g/mol. The van der Waals surface area contributed by atoms with Crippen LogP contribution in [0.1, 0.15) is 5.56 Å². The lowest BCUT2D eigenvalue weighted by molar-refractivity contribution is 0.224. The Bertz CT molecular complexity index is 612. The molecule has 1 aromatic heterocycles. The van der Waals surface area contributed by atoms with Gasteiger partial charge in [-0.05, 0) is 5.56 Å². The number of urea groups is 1. The SMILES string of the molecule is O=C(Nc1cn(Cc2ccccc2)nn1)N1CC=CC1. The van der Waals surface area contributed by atoms with E-state index in [4.69, 9.17) is 0 Å². The molecule has 2 heterocycles. The molecular weight excluding hydrogens is 254 g/mol. The molecule has 20 heavy (non-hydrogen) atoms. The van der Waals surface area contributed by atoms with E-state index in [-0.39, 0.29) is 6.03 Å². The second-order valence-corrected chi connectivity index (χ2v) is 4.59. The summed E-state index contributed by atoms with van der Waals surface area (Å²) < 4.78 is 1.70. The Balaban J connectivity index is 1.60. The van der Waals surface area contributed by atoms with Crippen LogP contribution in [0.3, 0.4) is 0 Å². The molecule has 0 saturated carbocycles. The molecule has 0 unspecified atom stereocenters. The Hall–Kier alpha value is -2.63. The molecule has 1 aliphatic heterocycles. The normalized spacial score (nSPS) is 13.7. The molecular formula is C14H15N5O. The molecule has 6 nitrogen and oxygen atoms in total. The summed E-state index contributed by atoms with van der Waals surface area (Å²) in [6, 6.07) is 9.83. The third-order valence-electron chi connectivity index (χ3n) is 3.07. The largest absolute Gasteiger partial charge is 0.323 e. The van der Waals surface area contributed by atoms with Crippen molar-refractivity contribution in [3.05, 3.63) is 54.2 Å². The summed E-state index contributed by atoms with van der Waals surface area (Å²) in [6.45, 7) is 1.92. The second kappa shape index (κ2) is 5.56. The third-order valence-corrected chi connectivity index (χ3v) is 3.07. The van der Waals surface area contributed by atoms with Crippen LogP contribution in [-0.2, 0) is 6.54 Å². The highest BCUT2D eigenvalue weighted by molar-refractivity contribution is 5.88. The second-order valence-electron chi connectivity index (χ2n) is 4.59. The molecule has 0 fully saturated rings. The van der Waals surface area contributed by atoms with Gasteiger partial charge < -0.3 is 4.90 Å². The number of carbonyl (C=O) groups is 1. The summed E-state index contributed by atoms with van der Waals surface area (Å²) in [5.74, 6) is 0.470. The minimum Gasteiger partial charge on any atom is -0.317 e. The molecule has 102 valence electrons. The zero-order valence-corrected chi connectivity index (χ0v) is 10.9. The predicted molar refractivity (Wildman–Crippen MR) is 75.3 cm³/mol. The van der Waals surface area contributed by atoms with E-state index in [1.165, 1.54) is 0 Å². The van der Waals surface area contributed by atoms with Crippen molar-refractivity contribution in [1.82, 2.24) is 19.9 Å². The highest BCUT2D eigenvalue weighted by Crippen LogP contribution is 2.07. The van der Waals surface area contributed by atoms with Gasteiger partial charge in [0.25, 0.3) is 0 Å². The summed E-state index contributed by atoms with van der Waals surface area (Å²) in [6.07, 6.45) is 5.66. The van der Waals surface area contributed by atoms with E-state index in [0.717, 1.165) is 5.56 Å². The van der Waals surface area contributed by atoms with Gasteiger partial charge in [-0.15, -0.1) is 5.10 Å². The number of hydrogen-bond donors (Lipinski definition) is 1. The number of hydrogen-bond acceptors (Lipinski definition) is 3. The van der Waals surface area contributed by atoms with E-state index >= 15 is 0 Å². The lowest BCUT2D eigenvalue weighted by Gasteiger charge is -2.14. The number of nitrogens with one attached hydrogen (secondary N) is 1. The number of nitrogens with zero attached hydrogens (tertiary/aromatic N) is 4. The van der Waals surface area contributed by atoms with Crippen LogP contribution in [0.2, 0.25) is 0 Å². The fourth-order valence-electron chi connectivity index (χ4n) is 2.04. The van der Waals surface area contributed by atoms with Crippen molar-refractivity contribution in [2.24, 2.45) is 0 Å². The Morgan fingerprint density at radius 2 is 1.95 bits per heavy atom. The van der Waals surface area contributed by atoms with Gasteiger partial charge in [-0.1, -0.05) is 47.7 Å². The molecule has 0 radical (unpaired) electrons. The van der Waals surface area contributed by atoms with Crippen molar-refractivity contribution in [1.29, 1.82) is 0 Å². The monoisotopic (exact) mass is 269 g/mol. The molecule has 0 saturated heterocycles. The first-order valence-corrected chi connectivity index (χ1v) is 6.46.